The van der Waals surface area contributed by atoms with Gasteiger partial charge in [0.1, 0.15) is 6.04 Å². The van der Waals surface area contributed by atoms with Gasteiger partial charge in [-0.15, -0.1) is 0 Å². The van der Waals surface area contributed by atoms with Crippen LogP contribution >= 0.6 is 11.6 Å². The Labute approximate surface area is 105 Å². The first-order chi connectivity index (χ1) is 7.95. The molecule has 0 aliphatic heterocycles. The zero-order valence-electron chi connectivity index (χ0n) is 9.70. The van der Waals surface area contributed by atoms with E-state index in [2.05, 4.69) is 5.32 Å². The average molecular weight is 252 g/mol. The van der Waals surface area contributed by atoms with Crippen molar-refractivity contribution in [2.45, 2.75) is 19.9 Å². The molecule has 0 heterocycles. The number of nitriles is 1. The molecule has 5 heteroatoms. The van der Waals surface area contributed by atoms with Gasteiger partial charge in [-0.05, 0) is 24.1 Å². The summed E-state index contributed by atoms with van der Waals surface area (Å²) in [7, 11) is 0. The zero-order valence-corrected chi connectivity index (χ0v) is 10.5. The van der Waals surface area contributed by atoms with Crippen molar-refractivity contribution in [2.75, 3.05) is 5.32 Å². The van der Waals surface area contributed by atoms with Crippen molar-refractivity contribution in [3.8, 4) is 6.07 Å². The van der Waals surface area contributed by atoms with Crippen molar-refractivity contribution in [1.82, 2.24) is 0 Å². The Balaban J connectivity index is 2.95. The second-order valence-corrected chi connectivity index (χ2v) is 4.48. The SMILES string of the molecule is CC(C)C(Nc1ccc(C#N)cc1Cl)C(N)=O. The Morgan fingerprint density at radius 3 is 2.59 bits per heavy atom. The summed E-state index contributed by atoms with van der Waals surface area (Å²) < 4.78 is 0. The Kier molecular flexibility index (Phi) is 4.36. The number of rotatable bonds is 4. The van der Waals surface area contributed by atoms with Crippen molar-refractivity contribution < 1.29 is 4.79 Å². The molecular formula is C12H14ClN3O. The van der Waals surface area contributed by atoms with E-state index < -0.39 is 11.9 Å². The van der Waals surface area contributed by atoms with Gasteiger partial charge in [0.05, 0.1) is 22.3 Å². The summed E-state index contributed by atoms with van der Waals surface area (Å²) in [6.07, 6.45) is 0. The molecule has 4 nitrogen and oxygen atoms in total. The number of halogens is 1. The molecule has 17 heavy (non-hydrogen) atoms. The summed E-state index contributed by atoms with van der Waals surface area (Å²) in [6.45, 7) is 3.78. The summed E-state index contributed by atoms with van der Waals surface area (Å²) in [6, 6.07) is 6.35. The smallest absolute Gasteiger partial charge is 0.240 e. The first-order valence-corrected chi connectivity index (χ1v) is 5.59. The van der Waals surface area contributed by atoms with Crippen LogP contribution in [-0.4, -0.2) is 11.9 Å². The first-order valence-electron chi connectivity index (χ1n) is 5.21. The van der Waals surface area contributed by atoms with Gasteiger partial charge in [0.25, 0.3) is 0 Å². The molecule has 1 aromatic rings. The fourth-order valence-electron chi connectivity index (χ4n) is 1.44. The lowest BCUT2D eigenvalue weighted by Gasteiger charge is -2.20. The highest BCUT2D eigenvalue weighted by atomic mass is 35.5. The van der Waals surface area contributed by atoms with E-state index in [-0.39, 0.29) is 5.92 Å². The molecule has 0 bridgehead atoms. The molecule has 0 aromatic heterocycles. The van der Waals surface area contributed by atoms with Crippen LogP contribution in [0.3, 0.4) is 0 Å². The average Bonchev–Trinajstić information content (AvgIpc) is 2.26. The lowest BCUT2D eigenvalue weighted by molar-refractivity contribution is -0.119. The number of hydrogen-bond donors (Lipinski definition) is 2. The number of anilines is 1. The summed E-state index contributed by atoms with van der Waals surface area (Å²) in [5, 5.41) is 12.1. The highest BCUT2D eigenvalue weighted by Gasteiger charge is 2.19. The van der Waals surface area contributed by atoms with E-state index in [0.29, 0.717) is 16.3 Å². The van der Waals surface area contributed by atoms with Gasteiger partial charge in [-0.1, -0.05) is 25.4 Å². The highest BCUT2D eigenvalue weighted by Crippen LogP contribution is 2.24. The quantitative estimate of drug-likeness (QED) is 0.860. The Hall–Kier alpha value is -1.73. The maximum absolute atomic E-state index is 11.2. The van der Waals surface area contributed by atoms with Crippen molar-refractivity contribution >= 4 is 23.2 Å². The fraction of sp³-hybridized carbons (Fsp3) is 0.333. The molecule has 0 saturated heterocycles. The predicted molar refractivity (Wildman–Crippen MR) is 67.6 cm³/mol. The fourth-order valence-corrected chi connectivity index (χ4v) is 1.67. The Morgan fingerprint density at radius 2 is 2.18 bits per heavy atom. The van der Waals surface area contributed by atoms with Crippen LogP contribution in [0.4, 0.5) is 5.69 Å². The second-order valence-electron chi connectivity index (χ2n) is 4.07. The minimum atomic E-state index is -0.486. The maximum atomic E-state index is 11.2. The van der Waals surface area contributed by atoms with E-state index in [1.54, 1.807) is 18.2 Å². The van der Waals surface area contributed by atoms with E-state index in [1.807, 2.05) is 19.9 Å². The van der Waals surface area contributed by atoms with Crippen molar-refractivity contribution in [3.05, 3.63) is 28.8 Å². The third-order valence-corrected chi connectivity index (χ3v) is 2.70. The monoisotopic (exact) mass is 251 g/mol. The van der Waals surface area contributed by atoms with Gasteiger partial charge in [0.15, 0.2) is 0 Å². The molecule has 1 amide bonds. The van der Waals surface area contributed by atoms with E-state index >= 15 is 0 Å². The zero-order chi connectivity index (χ0) is 13.0. The van der Waals surface area contributed by atoms with Gasteiger partial charge in [-0.3, -0.25) is 4.79 Å². The van der Waals surface area contributed by atoms with Crippen LogP contribution in [0.2, 0.25) is 5.02 Å². The van der Waals surface area contributed by atoms with Crippen molar-refractivity contribution in [3.63, 3.8) is 0 Å². The summed E-state index contributed by atoms with van der Waals surface area (Å²) in [4.78, 5) is 11.2. The third-order valence-electron chi connectivity index (χ3n) is 2.38. The number of benzene rings is 1. The molecule has 1 unspecified atom stereocenters. The Morgan fingerprint density at radius 1 is 1.53 bits per heavy atom. The molecule has 0 fully saturated rings. The number of hydrogen-bond acceptors (Lipinski definition) is 3. The minimum Gasteiger partial charge on any atom is -0.372 e. The largest absolute Gasteiger partial charge is 0.372 e. The summed E-state index contributed by atoms with van der Waals surface area (Å²) in [5.74, 6) is -0.375. The molecule has 0 spiro atoms. The van der Waals surface area contributed by atoms with Crippen LogP contribution in [0, 0.1) is 17.2 Å². The molecule has 3 N–H and O–H groups in total. The molecule has 0 aliphatic carbocycles. The van der Waals surface area contributed by atoms with Crippen LogP contribution in [0.25, 0.3) is 0 Å². The van der Waals surface area contributed by atoms with Crippen molar-refractivity contribution in [2.24, 2.45) is 11.7 Å². The molecular weight excluding hydrogens is 238 g/mol. The number of nitrogens with zero attached hydrogens (tertiary/aromatic N) is 1. The van der Waals surface area contributed by atoms with Gasteiger partial charge in [-0.2, -0.15) is 5.26 Å². The maximum Gasteiger partial charge on any atom is 0.240 e. The number of carbonyl (C=O) groups is 1. The lowest BCUT2D eigenvalue weighted by atomic mass is 10.0. The summed E-state index contributed by atoms with van der Waals surface area (Å²) >= 11 is 6.00. The van der Waals surface area contributed by atoms with Gasteiger partial charge in [-0.25, -0.2) is 0 Å². The lowest BCUT2D eigenvalue weighted by Crippen LogP contribution is -2.39. The minimum absolute atomic E-state index is 0.0548. The molecule has 0 saturated carbocycles. The number of carbonyl (C=O) groups excluding carboxylic acids is 1. The second kappa shape index (κ2) is 5.55. The highest BCUT2D eigenvalue weighted by molar-refractivity contribution is 6.33. The molecule has 0 radical (unpaired) electrons. The number of amides is 1. The Bertz CT molecular complexity index is 465. The van der Waals surface area contributed by atoms with Crippen LogP contribution in [-0.2, 0) is 4.79 Å². The number of nitrogens with two attached hydrogens (primary N) is 1. The molecule has 0 aliphatic rings. The van der Waals surface area contributed by atoms with E-state index in [1.165, 1.54) is 0 Å². The summed E-state index contributed by atoms with van der Waals surface area (Å²) in [5.41, 5.74) is 6.37. The molecule has 90 valence electrons. The first kappa shape index (κ1) is 13.3. The van der Waals surface area contributed by atoms with Crippen LogP contribution < -0.4 is 11.1 Å². The standard InChI is InChI=1S/C12H14ClN3O/c1-7(2)11(12(15)17)16-10-4-3-8(6-14)5-9(10)13/h3-5,7,11,16H,1-2H3,(H2,15,17). The predicted octanol–water partition coefficient (Wildman–Crippen LogP) is 2.13. The van der Waals surface area contributed by atoms with E-state index in [0.717, 1.165) is 0 Å². The number of nitrogens with one attached hydrogen (secondary N) is 1. The number of primary amides is 1. The van der Waals surface area contributed by atoms with Gasteiger partial charge in [0.2, 0.25) is 5.91 Å². The molecule has 1 aromatic carbocycles. The van der Waals surface area contributed by atoms with E-state index in [9.17, 15) is 4.79 Å². The molecule has 1 atom stereocenters. The van der Waals surface area contributed by atoms with Crippen LogP contribution in [0.15, 0.2) is 18.2 Å². The van der Waals surface area contributed by atoms with Gasteiger partial charge < -0.3 is 11.1 Å². The van der Waals surface area contributed by atoms with Crippen molar-refractivity contribution in [1.29, 1.82) is 5.26 Å². The van der Waals surface area contributed by atoms with Crippen LogP contribution in [0.5, 0.6) is 0 Å². The molecule has 1 rings (SSSR count). The van der Waals surface area contributed by atoms with Gasteiger partial charge in [0, 0.05) is 0 Å². The van der Waals surface area contributed by atoms with E-state index in [4.69, 9.17) is 22.6 Å². The van der Waals surface area contributed by atoms with Crippen LogP contribution in [0.1, 0.15) is 19.4 Å². The third kappa shape index (κ3) is 3.36. The van der Waals surface area contributed by atoms with Gasteiger partial charge >= 0.3 is 0 Å². The topological polar surface area (TPSA) is 78.9 Å². The normalized spacial score (nSPS) is 11.9.